The summed E-state index contributed by atoms with van der Waals surface area (Å²) < 4.78 is 176. The van der Waals surface area contributed by atoms with Crippen molar-refractivity contribution in [2.24, 2.45) is 0 Å². The molecular formula is C43H38F12N4O8S2. The van der Waals surface area contributed by atoms with Gasteiger partial charge in [0, 0.05) is 73.6 Å². The van der Waals surface area contributed by atoms with E-state index >= 15 is 0 Å². The van der Waals surface area contributed by atoms with Gasteiger partial charge in [0.2, 0.25) is 11.2 Å². The highest BCUT2D eigenvalue weighted by molar-refractivity contribution is 7.10. The van der Waals surface area contributed by atoms with Crippen molar-refractivity contribution in [2.45, 2.75) is 86.5 Å². The fourth-order valence-corrected chi connectivity index (χ4v) is 9.34. The maximum atomic E-state index is 13.5. The first-order valence-electron chi connectivity index (χ1n) is 20.0. The second kappa shape index (κ2) is 20.8. The first-order valence-corrected chi connectivity index (χ1v) is 21.8. The van der Waals surface area contributed by atoms with Gasteiger partial charge < -0.3 is 29.1 Å². The number of esters is 1. The first kappa shape index (κ1) is 53.8. The fourth-order valence-electron chi connectivity index (χ4n) is 7.99. The number of amides is 2. The van der Waals surface area contributed by atoms with Gasteiger partial charge in [0.15, 0.2) is 0 Å². The van der Waals surface area contributed by atoms with E-state index in [1.165, 1.54) is 12.2 Å². The summed E-state index contributed by atoms with van der Waals surface area (Å²) in [7, 11) is 1.04. The quantitative estimate of drug-likeness (QED) is 0.0826. The second-order valence-electron chi connectivity index (χ2n) is 15.2. The maximum Gasteiger partial charge on any atom is 0.425 e. The number of methoxy groups -OCH3 is 1. The Morgan fingerprint density at radius 1 is 0.696 bits per heavy atom. The zero-order chi connectivity index (χ0) is 51.3. The van der Waals surface area contributed by atoms with Gasteiger partial charge in [0.1, 0.15) is 21.3 Å². The lowest BCUT2D eigenvalue weighted by Gasteiger charge is -2.47. The molecule has 4 atom stereocenters. The van der Waals surface area contributed by atoms with Crippen LogP contribution in [0.2, 0.25) is 0 Å². The lowest BCUT2D eigenvalue weighted by molar-refractivity contribution is -0.169. The van der Waals surface area contributed by atoms with Crippen LogP contribution in [0.3, 0.4) is 0 Å². The molecule has 2 aliphatic rings. The molecule has 1 N–H and O–H groups in total. The number of nitrogens with zero attached hydrogens (tertiary/aromatic N) is 4. The molecule has 6 heterocycles. The molecule has 0 saturated carbocycles. The van der Waals surface area contributed by atoms with Crippen molar-refractivity contribution in [1.82, 2.24) is 19.8 Å². The van der Waals surface area contributed by atoms with Crippen LogP contribution in [0.4, 0.5) is 52.7 Å². The Labute approximate surface area is 391 Å². The van der Waals surface area contributed by atoms with Crippen LogP contribution in [0, 0.1) is 0 Å². The molecule has 26 heteroatoms. The van der Waals surface area contributed by atoms with Crippen molar-refractivity contribution in [1.29, 1.82) is 0 Å². The molecule has 2 amide bonds. The largest absolute Gasteiger partial charge is 0.478 e. The molecule has 0 spiro atoms. The maximum absolute atomic E-state index is 13.5. The number of thiophene rings is 2. The summed E-state index contributed by atoms with van der Waals surface area (Å²) in [5.74, 6) is -5.39. The smallest absolute Gasteiger partial charge is 0.425 e. The Bertz CT molecular complexity index is 2530. The molecule has 0 unspecified atom stereocenters. The van der Waals surface area contributed by atoms with E-state index in [-0.39, 0.29) is 63.1 Å². The van der Waals surface area contributed by atoms with Crippen LogP contribution in [-0.4, -0.2) is 92.1 Å². The molecule has 4 aromatic rings. The number of hydrogen-bond donors (Lipinski definition) is 1. The monoisotopic (exact) mass is 1030 g/mol. The molecular weight excluding hydrogens is 993 g/mol. The average Bonchev–Trinajstić information content (AvgIpc) is 3.97. The molecule has 4 aromatic heterocycles. The van der Waals surface area contributed by atoms with Gasteiger partial charge in [-0.2, -0.15) is 52.7 Å². The summed E-state index contributed by atoms with van der Waals surface area (Å²) in [5, 5.41) is 12.1. The molecule has 2 fully saturated rings. The number of hydrogen-bond acceptors (Lipinski definition) is 11. The highest BCUT2D eigenvalue weighted by atomic mass is 32.1. The Kier molecular flexibility index (Phi) is 16.2. The molecule has 374 valence electrons. The number of alkyl halides is 12. The standard InChI is InChI=1S/C22H20F6N2O4S.C21H18F6N2O4S/c1-3-5-16-20(19(32)33-2,34-13-10-17(35-12-13)22(26,27)28)7-4-9-30(16)18(31)14-11-29-8-6-15(14)21(23,24)25;1-2-4-15-19(18(31)32,33-12-9-16(34-11-12)21(25,26)27)6-3-8-29(15)17(30)13-10-28-7-5-14(13)20(22,23)24/h3,6,8,10-12,16H,1,4-5,7,9H2,2H3;2,5,7,9-11,15H,1,3-4,6,8H2,(H,31,32)/t16-,20+;15-,19+/m11/s1. The zero-order valence-corrected chi connectivity index (χ0v) is 37.2. The van der Waals surface area contributed by atoms with Gasteiger partial charge in [0.05, 0.1) is 41.4 Å². The van der Waals surface area contributed by atoms with Gasteiger partial charge in [-0.05, 0) is 37.8 Å². The molecule has 6 rings (SSSR count). The van der Waals surface area contributed by atoms with Gasteiger partial charge in [-0.15, -0.1) is 35.8 Å². The molecule has 12 nitrogen and oxygen atoms in total. The number of rotatable bonds is 12. The van der Waals surface area contributed by atoms with E-state index in [0.29, 0.717) is 46.9 Å². The van der Waals surface area contributed by atoms with Crippen LogP contribution in [0.1, 0.15) is 80.1 Å². The number of pyridine rings is 2. The third kappa shape index (κ3) is 11.6. The van der Waals surface area contributed by atoms with Crippen LogP contribution in [-0.2, 0) is 39.0 Å². The number of carboxylic acid groups (broad SMARTS) is 1. The summed E-state index contributed by atoms with van der Waals surface area (Å²) in [6, 6.07) is 0.0790. The predicted molar refractivity (Wildman–Crippen MR) is 221 cm³/mol. The van der Waals surface area contributed by atoms with Crippen molar-refractivity contribution in [3.8, 4) is 11.5 Å². The first-order chi connectivity index (χ1) is 32.2. The van der Waals surface area contributed by atoms with E-state index in [0.717, 1.165) is 52.5 Å². The van der Waals surface area contributed by atoms with E-state index in [2.05, 4.69) is 23.1 Å². The summed E-state index contributed by atoms with van der Waals surface area (Å²) in [5.41, 5.74) is -8.17. The zero-order valence-electron chi connectivity index (χ0n) is 35.6. The van der Waals surface area contributed by atoms with Crippen molar-refractivity contribution >= 4 is 46.4 Å². The van der Waals surface area contributed by atoms with E-state index in [1.54, 1.807) is 0 Å². The van der Waals surface area contributed by atoms with Crippen LogP contribution >= 0.6 is 22.7 Å². The Balaban J connectivity index is 0.000000258. The average molecular weight is 1030 g/mol. The number of carbonyl (C=O) groups is 4. The topological polar surface area (TPSA) is 148 Å². The molecule has 0 aromatic carbocycles. The van der Waals surface area contributed by atoms with Crippen LogP contribution in [0.15, 0.2) is 85.1 Å². The molecule has 2 saturated heterocycles. The van der Waals surface area contributed by atoms with Crippen molar-refractivity contribution < 1.29 is 91.2 Å². The van der Waals surface area contributed by atoms with E-state index in [1.807, 2.05) is 0 Å². The van der Waals surface area contributed by atoms with Gasteiger partial charge >= 0.3 is 36.6 Å². The number of carbonyl (C=O) groups excluding carboxylic acids is 3. The van der Waals surface area contributed by atoms with E-state index in [9.17, 15) is 77.0 Å². The minimum atomic E-state index is -4.87. The van der Waals surface area contributed by atoms with Crippen molar-refractivity contribution in [3.05, 3.63) is 117 Å². The van der Waals surface area contributed by atoms with Crippen LogP contribution in [0.25, 0.3) is 0 Å². The van der Waals surface area contributed by atoms with Crippen molar-refractivity contribution in [2.75, 3.05) is 20.2 Å². The lowest BCUT2D eigenvalue weighted by Crippen LogP contribution is -2.65. The van der Waals surface area contributed by atoms with Crippen LogP contribution < -0.4 is 9.47 Å². The number of likely N-dealkylation sites (tertiary alicyclic amines) is 2. The second-order valence-corrected chi connectivity index (χ2v) is 17.0. The number of halogens is 12. The lowest BCUT2D eigenvalue weighted by atomic mass is 9.81. The minimum Gasteiger partial charge on any atom is -0.478 e. The summed E-state index contributed by atoms with van der Waals surface area (Å²) in [4.78, 5) is 59.1. The SMILES string of the molecule is C=CC[C@H]1N(C(=O)c2cnccc2C(F)(F)F)CCC[C@@]1(Oc1csc(C(F)(F)F)c1)C(=O)O.C=CC[C@H]1N(C(=O)c2cnccc2C(F)(F)F)CCC[C@@]1(Oc1csc(C(F)(F)F)c1)C(=O)OC. The minimum absolute atomic E-state index is 0.0174. The van der Waals surface area contributed by atoms with Crippen molar-refractivity contribution in [3.63, 3.8) is 0 Å². The number of carboxylic acids is 1. The van der Waals surface area contributed by atoms with Crippen LogP contribution in [0.5, 0.6) is 11.5 Å². The molecule has 69 heavy (non-hydrogen) atoms. The highest BCUT2D eigenvalue weighted by Crippen LogP contribution is 2.44. The Morgan fingerprint density at radius 3 is 1.43 bits per heavy atom. The van der Waals surface area contributed by atoms with E-state index < -0.39 is 104 Å². The highest BCUT2D eigenvalue weighted by Gasteiger charge is 2.57. The predicted octanol–water partition coefficient (Wildman–Crippen LogP) is 10.6. The summed E-state index contributed by atoms with van der Waals surface area (Å²) >= 11 is 0.652. The normalized spacial score (nSPS) is 21.1. The number of aromatic nitrogens is 2. The van der Waals surface area contributed by atoms with Gasteiger partial charge in [0.25, 0.3) is 11.8 Å². The van der Waals surface area contributed by atoms with Gasteiger partial charge in [-0.1, -0.05) is 12.2 Å². The number of ether oxygens (including phenoxy) is 3. The number of piperidine rings is 2. The Hall–Kier alpha value is -6.18. The van der Waals surface area contributed by atoms with Gasteiger partial charge in [-0.25, -0.2) is 9.59 Å². The third-order valence-electron chi connectivity index (χ3n) is 10.9. The number of aliphatic carboxylic acids is 1. The molecule has 2 aliphatic heterocycles. The summed E-state index contributed by atoms with van der Waals surface area (Å²) in [6.07, 6.45) is -13.6. The van der Waals surface area contributed by atoms with Gasteiger partial charge in [-0.3, -0.25) is 19.6 Å². The molecule has 0 aliphatic carbocycles. The Morgan fingerprint density at radius 2 is 1.09 bits per heavy atom. The molecule has 0 bridgehead atoms. The van der Waals surface area contributed by atoms with E-state index in [4.69, 9.17) is 14.2 Å². The fraction of sp³-hybridized carbons (Fsp3) is 0.395. The molecule has 0 radical (unpaired) electrons. The summed E-state index contributed by atoms with van der Waals surface area (Å²) in [6.45, 7) is 6.97. The third-order valence-corrected chi connectivity index (χ3v) is 12.8.